The molecule has 0 aliphatic heterocycles. The first-order valence-corrected chi connectivity index (χ1v) is 8.47. The molecule has 0 aliphatic rings. The minimum Gasteiger partial charge on any atom is -0.491 e. The second-order valence-electron chi connectivity index (χ2n) is 5.72. The summed E-state index contributed by atoms with van der Waals surface area (Å²) >= 11 is 0. The third-order valence-electron chi connectivity index (χ3n) is 3.28. The third-order valence-corrected chi connectivity index (χ3v) is 3.28. The molecule has 0 fully saturated rings. The molecule has 1 amide bonds. The monoisotopic (exact) mass is 343 g/mol. The number of rotatable bonds is 9. The van der Waals surface area contributed by atoms with Crippen LogP contribution in [0.1, 0.15) is 31.1 Å². The summed E-state index contributed by atoms with van der Waals surface area (Å²) in [5.41, 5.74) is 1.25. The molecule has 0 heterocycles. The van der Waals surface area contributed by atoms with Crippen molar-refractivity contribution in [1.82, 2.24) is 0 Å². The molecule has 0 atom stereocenters. The second-order valence-corrected chi connectivity index (χ2v) is 5.72. The van der Waals surface area contributed by atoms with Crippen LogP contribution in [0, 0.1) is 0 Å². The minimum atomic E-state index is -0.187. The van der Waals surface area contributed by atoms with Crippen molar-refractivity contribution >= 4 is 11.6 Å². The first kappa shape index (κ1) is 18.8. The van der Waals surface area contributed by atoms with Gasteiger partial charge in [0.2, 0.25) is 0 Å². The van der Waals surface area contributed by atoms with Crippen molar-refractivity contribution in [1.29, 1.82) is 0 Å². The summed E-state index contributed by atoms with van der Waals surface area (Å²) in [6, 6.07) is 14.4. The number of hydrogen-bond donors (Lipinski definition) is 1. The molecule has 0 radical (unpaired) electrons. The van der Waals surface area contributed by atoms with Gasteiger partial charge in [-0.1, -0.05) is 6.07 Å². The quantitative estimate of drug-likeness (QED) is 0.695. The SMILES string of the molecule is CCOCCOc1cccc(C(=O)Nc2ccc(OC(C)C)cc2)c1. The maximum absolute atomic E-state index is 12.4. The van der Waals surface area contributed by atoms with E-state index in [2.05, 4.69) is 5.32 Å². The van der Waals surface area contributed by atoms with Crippen LogP contribution in [0.25, 0.3) is 0 Å². The molecule has 1 N–H and O–H groups in total. The summed E-state index contributed by atoms with van der Waals surface area (Å²) in [7, 11) is 0. The zero-order valence-corrected chi connectivity index (χ0v) is 15.0. The lowest BCUT2D eigenvalue weighted by Gasteiger charge is -2.11. The highest BCUT2D eigenvalue weighted by atomic mass is 16.5. The summed E-state index contributed by atoms with van der Waals surface area (Å²) in [5.74, 6) is 1.23. The molecule has 0 spiro atoms. The molecule has 5 nitrogen and oxygen atoms in total. The van der Waals surface area contributed by atoms with Gasteiger partial charge in [0.25, 0.3) is 5.91 Å². The molecule has 5 heteroatoms. The van der Waals surface area contributed by atoms with Gasteiger partial charge in [0.15, 0.2) is 0 Å². The van der Waals surface area contributed by atoms with Gasteiger partial charge in [0.1, 0.15) is 18.1 Å². The number of hydrogen-bond acceptors (Lipinski definition) is 4. The predicted octanol–water partition coefficient (Wildman–Crippen LogP) is 4.14. The lowest BCUT2D eigenvalue weighted by atomic mass is 10.2. The first-order chi connectivity index (χ1) is 12.1. The fourth-order valence-electron chi connectivity index (χ4n) is 2.18. The molecule has 0 aromatic heterocycles. The van der Waals surface area contributed by atoms with Gasteiger partial charge in [0.05, 0.1) is 12.7 Å². The number of carbonyl (C=O) groups is 1. The van der Waals surface area contributed by atoms with Gasteiger partial charge in [-0.3, -0.25) is 4.79 Å². The highest BCUT2D eigenvalue weighted by Gasteiger charge is 2.08. The highest BCUT2D eigenvalue weighted by molar-refractivity contribution is 6.04. The average molecular weight is 343 g/mol. The van der Waals surface area contributed by atoms with Crippen molar-refractivity contribution < 1.29 is 19.0 Å². The van der Waals surface area contributed by atoms with Crippen LogP contribution in [0.15, 0.2) is 48.5 Å². The second kappa shape index (κ2) is 9.69. The summed E-state index contributed by atoms with van der Waals surface area (Å²) in [5, 5.41) is 2.87. The Balaban J connectivity index is 1.93. The van der Waals surface area contributed by atoms with E-state index in [1.165, 1.54) is 0 Å². The van der Waals surface area contributed by atoms with Crippen LogP contribution in [0.3, 0.4) is 0 Å². The number of ether oxygens (including phenoxy) is 3. The lowest BCUT2D eigenvalue weighted by Crippen LogP contribution is -2.12. The fourth-order valence-corrected chi connectivity index (χ4v) is 2.18. The van der Waals surface area contributed by atoms with E-state index in [-0.39, 0.29) is 12.0 Å². The van der Waals surface area contributed by atoms with E-state index in [1.54, 1.807) is 18.2 Å². The van der Waals surface area contributed by atoms with Gasteiger partial charge in [-0.05, 0) is 63.2 Å². The maximum Gasteiger partial charge on any atom is 0.255 e. The molecule has 0 unspecified atom stereocenters. The minimum absolute atomic E-state index is 0.117. The number of amides is 1. The molecule has 134 valence electrons. The number of carbonyl (C=O) groups excluding carboxylic acids is 1. The van der Waals surface area contributed by atoms with Crippen LogP contribution >= 0.6 is 0 Å². The number of anilines is 1. The van der Waals surface area contributed by atoms with Crippen LogP contribution in [-0.2, 0) is 4.74 Å². The molecular formula is C20H25NO4. The van der Waals surface area contributed by atoms with Crippen molar-refractivity contribution in [3.63, 3.8) is 0 Å². The van der Waals surface area contributed by atoms with Crippen molar-refractivity contribution in [2.45, 2.75) is 26.9 Å². The van der Waals surface area contributed by atoms with E-state index >= 15 is 0 Å². The molecule has 0 aliphatic carbocycles. The Kier molecular flexibility index (Phi) is 7.29. The van der Waals surface area contributed by atoms with Crippen molar-refractivity contribution in [3.05, 3.63) is 54.1 Å². The Labute approximate surface area is 148 Å². The van der Waals surface area contributed by atoms with Gasteiger partial charge >= 0.3 is 0 Å². The molecule has 0 saturated carbocycles. The molecule has 2 aromatic rings. The Morgan fingerprint density at radius 1 is 1.04 bits per heavy atom. The molecule has 2 aromatic carbocycles. The number of nitrogens with one attached hydrogen (secondary N) is 1. The maximum atomic E-state index is 12.4. The zero-order chi connectivity index (χ0) is 18.1. The van der Waals surface area contributed by atoms with Gasteiger partial charge < -0.3 is 19.5 Å². The lowest BCUT2D eigenvalue weighted by molar-refractivity contribution is 0.102. The van der Waals surface area contributed by atoms with Gasteiger partial charge in [0, 0.05) is 17.9 Å². The highest BCUT2D eigenvalue weighted by Crippen LogP contribution is 2.19. The largest absolute Gasteiger partial charge is 0.491 e. The van der Waals surface area contributed by atoms with Crippen LogP contribution in [0.2, 0.25) is 0 Å². The Morgan fingerprint density at radius 2 is 1.80 bits per heavy atom. The van der Waals surface area contributed by atoms with Crippen molar-refractivity contribution in [2.75, 3.05) is 25.1 Å². The van der Waals surface area contributed by atoms with E-state index in [0.717, 1.165) is 5.75 Å². The zero-order valence-electron chi connectivity index (χ0n) is 15.0. The third kappa shape index (κ3) is 6.47. The van der Waals surface area contributed by atoms with Crippen LogP contribution in [0.5, 0.6) is 11.5 Å². The Morgan fingerprint density at radius 3 is 2.48 bits per heavy atom. The first-order valence-electron chi connectivity index (χ1n) is 8.47. The topological polar surface area (TPSA) is 56.8 Å². The molecule has 2 rings (SSSR count). The van der Waals surface area contributed by atoms with E-state index in [0.29, 0.717) is 36.8 Å². The number of benzene rings is 2. The smallest absolute Gasteiger partial charge is 0.255 e. The van der Waals surface area contributed by atoms with E-state index < -0.39 is 0 Å². The Hall–Kier alpha value is -2.53. The molecule has 0 saturated heterocycles. The van der Waals surface area contributed by atoms with Crippen LogP contribution in [0.4, 0.5) is 5.69 Å². The molecular weight excluding hydrogens is 318 g/mol. The predicted molar refractivity (Wildman–Crippen MR) is 98.6 cm³/mol. The van der Waals surface area contributed by atoms with E-state index in [1.807, 2.05) is 51.1 Å². The van der Waals surface area contributed by atoms with Gasteiger partial charge in [-0.25, -0.2) is 0 Å². The van der Waals surface area contributed by atoms with E-state index in [4.69, 9.17) is 14.2 Å². The van der Waals surface area contributed by atoms with Crippen molar-refractivity contribution in [3.8, 4) is 11.5 Å². The molecule has 0 bridgehead atoms. The van der Waals surface area contributed by atoms with Crippen molar-refractivity contribution in [2.24, 2.45) is 0 Å². The van der Waals surface area contributed by atoms with Gasteiger partial charge in [-0.15, -0.1) is 0 Å². The van der Waals surface area contributed by atoms with E-state index in [9.17, 15) is 4.79 Å². The summed E-state index contributed by atoms with van der Waals surface area (Å²) in [4.78, 5) is 12.4. The molecule has 25 heavy (non-hydrogen) atoms. The van der Waals surface area contributed by atoms with Crippen LogP contribution < -0.4 is 14.8 Å². The summed E-state index contributed by atoms with van der Waals surface area (Å²) < 4.78 is 16.4. The average Bonchev–Trinajstić information content (AvgIpc) is 2.60. The normalized spacial score (nSPS) is 10.6. The standard InChI is InChI=1S/C20H25NO4/c1-4-23-12-13-24-19-7-5-6-16(14-19)20(22)21-17-8-10-18(11-9-17)25-15(2)3/h5-11,14-15H,4,12-13H2,1-3H3,(H,21,22). The van der Waals surface area contributed by atoms with Gasteiger partial charge in [-0.2, -0.15) is 0 Å². The Bertz CT molecular complexity index is 668. The van der Waals surface area contributed by atoms with Crippen LogP contribution in [-0.4, -0.2) is 31.8 Å². The summed E-state index contributed by atoms with van der Waals surface area (Å²) in [6.07, 6.45) is 0.117. The summed E-state index contributed by atoms with van der Waals surface area (Å²) in [6.45, 7) is 7.52. The fraction of sp³-hybridized carbons (Fsp3) is 0.350.